The van der Waals surface area contributed by atoms with Gasteiger partial charge in [-0.25, -0.2) is 4.98 Å². The molecule has 0 unspecified atom stereocenters. The van der Waals surface area contributed by atoms with Crippen molar-refractivity contribution in [1.29, 1.82) is 0 Å². The highest BCUT2D eigenvalue weighted by molar-refractivity contribution is 7.09. The van der Waals surface area contributed by atoms with Gasteiger partial charge >= 0.3 is 0 Å². The molecule has 0 amide bonds. The second-order valence-electron chi connectivity index (χ2n) is 9.45. The zero-order valence-corrected chi connectivity index (χ0v) is 19.0. The van der Waals surface area contributed by atoms with Gasteiger partial charge in [0.1, 0.15) is 16.9 Å². The predicted octanol–water partition coefficient (Wildman–Crippen LogP) is 4.45. The fourth-order valence-corrected chi connectivity index (χ4v) is 6.22. The average Bonchev–Trinajstić information content (AvgIpc) is 3.36. The van der Waals surface area contributed by atoms with Crippen molar-refractivity contribution in [1.82, 2.24) is 4.98 Å². The Morgan fingerprint density at radius 2 is 2.06 bits per heavy atom. The lowest BCUT2D eigenvalue weighted by Crippen LogP contribution is -2.33. The largest absolute Gasteiger partial charge is 0.493 e. The quantitative estimate of drug-likeness (QED) is 0.631. The normalized spacial score (nSPS) is 30.4. The summed E-state index contributed by atoms with van der Waals surface area (Å²) in [4.78, 5) is 4.48. The Morgan fingerprint density at radius 3 is 2.81 bits per heavy atom. The summed E-state index contributed by atoms with van der Waals surface area (Å²) in [6.45, 7) is 2.72. The molecule has 0 spiro atoms. The van der Waals surface area contributed by atoms with Crippen LogP contribution in [0.2, 0.25) is 0 Å². The number of aryl methyl sites for hydroxylation is 1. The van der Waals surface area contributed by atoms with Crippen LogP contribution in [0.3, 0.4) is 0 Å². The van der Waals surface area contributed by atoms with E-state index < -0.39 is 0 Å². The molecule has 0 radical (unpaired) electrons. The van der Waals surface area contributed by atoms with Crippen molar-refractivity contribution in [3.63, 3.8) is 0 Å². The fourth-order valence-electron chi connectivity index (χ4n) is 5.34. The third kappa shape index (κ3) is 4.68. The van der Waals surface area contributed by atoms with Gasteiger partial charge in [-0.1, -0.05) is 13.0 Å². The lowest BCUT2D eigenvalue weighted by Gasteiger charge is -2.33. The van der Waals surface area contributed by atoms with Crippen LogP contribution in [-0.2, 0) is 24.2 Å². The van der Waals surface area contributed by atoms with Crippen molar-refractivity contribution < 1.29 is 19.7 Å². The molecule has 2 aliphatic carbocycles. The van der Waals surface area contributed by atoms with E-state index in [-0.39, 0.29) is 30.8 Å². The van der Waals surface area contributed by atoms with Gasteiger partial charge in [0.25, 0.3) is 0 Å². The van der Waals surface area contributed by atoms with E-state index in [1.165, 1.54) is 30.4 Å². The van der Waals surface area contributed by atoms with Gasteiger partial charge in [-0.2, -0.15) is 0 Å². The van der Waals surface area contributed by atoms with Gasteiger partial charge in [0.15, 0.2) is 0 Å². The van der Waals surface area contributed by atoms with Crippen LogP contribution < -0.4 is 4.74 Å². The van der Waals surface area contributed by atoms with E-state index in [1.807, 2.05) is 5.38 Å². The summed E-state index contributed by atoms with van der Waals surface area (Å²) >= 11 is 1.55. The summed E-state index contributed by atoms with van der Waals surface area (Å²) in [5, 5.41) is 22.9. The number of aliphatic hydroxyl groups is 2. The third-order valence-electron chi connectivity index (χ3n) is 7.31. The van der Waals surface area contributed by atoms with Crippen LogP contribution in [0.5, 0.6) is 5.75 Å². The molecule has 2 saturated carbocycles. The van der Waals surface area contributed by atoms with Crippen molar-refractivity contribution in [3.8, 4) is 5.75 Å². The second kappa shape index (κ2) is 9.18. The van der Waals surface area contributed by atoms with E-state index in [0.29, 0.717) is 24.6 Å². The number of fused-ring (bicyclic) bond motifs is 1. The van der Waals surface area contributed by atoms with E-state index in [0.717, 1.165) is 35.9 Å². The van der Waals surface area contributed by atoms with E-state index in [4.69, 9.17) is 9.47 Å². The molecule has 3 fully saturated rings. The summed E-state index contributed by atoms with van der Waals surface area (Å²) in [7, 11) is 0. The van der Waals surface area contributed by atoms with Gasteiger partial charge in [-0.05, 0) is 73.6 Å². The Labute approximate surface area is 188 Å². The molecule has 0 bridgehead atoms. The number of nitrogens with zero attached hydrogens (tertiary/aromatic N) is 1. The molecule has 1 aromatic carbocycles. The van der Waals surface area contributed by atoms with Crippen molar-refractivity contribution in [2.75, 3.05) is 6.61 Å². The highest BCUT2D eigenvalue weighted by Gasteiger charge is 2.47. The van der Waals surface area contributed by atoms with Gasteiger partial charge in [-0.15, -0.1) is 11.3 Å². The number of aliphatic hydroxyl groups excluding tert-OH is 2. The minimum Gasteiger partial charge on any atom is -0.493 e. The molecule has 2 N–H and O–H groups in total. The van der Waals surface area contributed by atoms with E-state index in [2.05, 4.69) is 30.1 Å². The minimum absolute atomic E-state index is 0.0232. The number of ether oxygens (including phenoxy) is 2. The molecule has 3 aliphatic rings. The maximum absolute atomic E-state index is 10.8. The van der Waals surface area contributed by atoms with Crippen molar-refractivity contribution in [3.05, 3.63) is 45.4 Å². The summed E-state index contributed by atoms with van der Waals surface area (Å²) in [5.74, 6) is 2.21. The minimum atomic E-state index is -0.390. The highest BCUT2D eigenvalue weighted by Crippen LogP contribution is 2.46. The number of hydrogen-bond donors (Lipinski definition) is 2. The summed E-state index contributed by atoms with van der Waals surface area (Å²) in [5.41, 5.74) is 3.57. The van der Waals surface area contributed by atoms with Crippen molar-refractivity contribution >= 4 is 11.3 Å². The Bertz CT molecular complexity index is 895. The molecule has 1 saturated heterocycles. The van der Waals surface area contributed by atoms with Crippen LogP contribution in [0.1, 0.15) is 67.0 Å². The average molecular weight is 444 g/mol. The lowest BCUT2D eigenvalue weighted by atomic mass is 9.87. The number of rotatable bonds is 8. The zero-order chi connectivity index (χ0) is 21.4. The van der Waals surface area contributed by atoms with E-state index in [9.17, 15) is 10.2 Å². The van der Waals surface area contributed by atoms with Gasteiger partial charge in [0.05, 0.1) is 31.1 Å². The fraction of sp³-hybridized carbons (Fsp3) is 0.640. The van der Waals surface area contributed by atoms with Crippen LogP contribution in [0.25, 0.3) is 0 Å². The molecule has 2 aromatic rings. The second-order valence-corrected chi connectivity index (χ2v) is 10.3. The first-order valence-electron chi connectivity index (χ1n) is 11.8. The summed E-state index contributed by atoms with van der Waals surface area (Å²) < 4.78 is 12.6. The standard InChI is InChI=1S/C25H33NO4S/c1-2-16-5-6-19(10-17(16)9-15-3-4-15)29-13-21-20-7-8-23(30-24(20)11-22(21)28)25-26-18(12-27)14-31-25/h5-6,10,14-15,20-24,27-28H,2-4,7-9,11-13H2,1H3/t20-,21-,22+,23-,24+/m1/s1. The molecular formula is C25H33NO4S. The predicted molar refractivity (Wildman–Crippen MR) is 120 cm³/mol. The topological polar surface area (TPSA) is 71.8 Å². The Hall–Kier alpha value is -1.47. The van der Waals surface area contributed by atoms with Crippen LogP contribution >= 0.6 is 11.3 Å². The number of aromatic nitrogens is 1. The number of hydrogen-bond acceptors (Lipinski definition) is 6. The van der Waals surface area contributed by atoms with Crippen molar-refractivity contribution in [2.24, 2.45) is 17.8 Å². The van der Waals surface area contributed by atoms with Gasteiger partial charge in [-0.3, -0.25) is 0 Å². The van der Waals surface area contributed by atoms with Crippen LogP contribution in [-0.4, -0.2) is 34.0 Å². The van der Waals surface area contributed by atoms with Crippen LogP contribution in [0.4, 0.5) is 0 Å². The Kier molecular flexibility index (Phi) is 6.33. The SMILES string of the molecule is CCc1ccc(OC[C@@H]2[C@H]3CC[C@H](c4nc(CO)cs4)O[C@H]3C[C@@H]2O)cc1CC1CC1. The Morgan fingerprint density at radius 1 is 1.19 bits per heavy atom. The molecule has 5 atom stereocenters. The van der Waals surface area contributed by atoms with Crippen molar-refractivity contribution in [2.45, 2.75) is 76.8 Å². The maximum atomic E-state index is 10.8. The van der Waals surface area contributed by atoms with Gasteiger partial charge in [0.2, 0.25) is 0 Å². The molecule has 31 heavy (non-hydrogen) atoms. The number of thiazole rings is 1. The van der Waals surface area contributed by atoms with Crippen LogP contribution in [0, 0.1) is 17.8 Å². The van der Waals surface area contributed by atoms with E-state index >= 15 is 0 Å². The van der Waals surface area contributed by atoms with Gasteiger partial charge < -0.3 is 19.7 Å². The Balaban J connectivity index is 1.21. The first-order valence-corrected chi connectivity index (χ1v) is 12.7. The monoisotopic (exact) mass is 443 g/mol. The summed E-state index contributed by atoms with van der Waals surface area (Å²) in [6, 6.07) is 6.52. The lowest BCUT2D eigenvalue weighted by molar-refractivity contribution is -0.0812. The molecule has 6 heteroatoms. The first-order chi connectivity index (χ1) is 15.1. The third-order valence-corrected chi connectivity index (χ3v) is 8.30. The zero-order valence-electron chi connectivity index (χ0n) is 18.2. The molecule has 1 aliphatic heterocycles. The smallest absolute Gasteiger partial charge is 0.122 e. The maximum Gasteiger partial charge on any atom is 0.122 e. The highest BCUT2D eigenvalue weighted by atomic mass is 32.1. The first kappa shape index (κ1) is 21.4. The van der Waals surface area contributed by atoms with Crippen LogP contribution in [0.15, 0.2) is 23.6 Å². The van der Waals surface area contributed by atoms with Gasteiger partial charge in [0, 0.05) is 17.7 Å². The molecular weight excluding hydrogens is 410 g/mol. The molecule has 2 heterocycles. The number of benzene rings is 1. The molecule has 5 nitrogen and oxygen atoms in total. The molecule has 1 aromatic heterocycles. The molecule has 168 valence electrons. The molecule has 5 rings (SSSR count). The summed E-state index contributed by atoms with van der Waals surface area (Å²) in [6.07, 6.45) is 7.15. The van der Waals surface area contributed by atoms with E-state index in [1.54, 1.807) is 11.3 Å².